The Kier molecular flexibility index (Phi) is 8.99. The van der Waals surface area contributed by atoms with Gasteiger partial charge in [0.1, 0.15) is 13.6 Å². The molecule has 0 aromatic heterocycles. The number of ether oxygens (including phenoxy) is 1. The van der Waals surface area contributed by atoms with E-state index in [4.69, 9.17) is 17.7 Å². The molecule has 2 radical (unpaired) electrons. The summed E-state index contributed by atoms with van der Waals surface area (Å²) in [5.74, 6) is -1.26. The molecule has 202 valence electrons. The van der Waals surface area contributed by atoms with Gasteiger partial charge in [0.05, 0.1) is 12.2 Å². The highest BCUT2D eigenvalue weighted by Gasteiger charge is 2.37. The number of hydrogen-bond acceptors (Lipinski definition) is 3. The number of rotatable bonds is 12. The molecule has 1 unspecified atom stereocenters. The molecule has 1 aliphatic rings. The molecular formula is C30H29BF3NO4. The monoisotopic (exact) mass is 535 g/mol. The molecule has 3 aromatic rings. The van der Waals surface area contributed by atoms with Gasteiger partial charge in [0.25, 0.3) is 5.91 Å². The summed E-state index contributed by atoms with van der Waals surface area (Å²) < 4.78 is 45.3. The molecule has 1 fully saturated rings. The third-order valence-corrected chi connectivity index (χ3v) is 6.66. The largest absolute Gasteiger partial charge is 0.493 e. The average Bonchev–Trinajstić information content (AvgIpc) is 3.75. The van der Waals surface area contributed by atoms with Crippen LogP contribution in [0.3, 0.4) is 0 Å². The minimum Gasteiger partial charge on any atom is -0.493 e. The Morgan fingerprint density at radius 3 is 2.33 bits per heavy atom. The van der Waals surface area contributed by atoms with Crippen LogP contribution in [0.4, 0.5) is 13.2 Å². The standard InChI is InChI=1S/C30H29BF3NO4/c31-28(25-9-3-4-10-26(25)39-18-5-1-2-11-27(36)37)35(24-16-17-24)29(38)21-14-12-20(13-15-21)22-7-6-8-23(19-22)30(32,33)34/h3-4,6-10,12-15,19,24,28H,1-2,5,11,16-18H2,(H,36,37). The Morgan fingerprint density at radius 1 is 0.949 bits per heavy atom. The first-order chi connectivity index (χ1) is 18.6. The van der Waals surface area contributed by atoms with Crippen molar-refractivity contribution in [2.45, 2.75) is 56.7 Å². The van der Waals surface area contributed by atoms with Crippen molar-refractivity contribution in [2.24, 2.45) is 0 Å². The third-order valence-electron chi connectivity index (χ3n) is 6.66. The number of halogens is 3. The van der Waals surface area contributed by atoms with Crippen molar-refractivity contribution in [3.8, 4) is 16.9 Å². The van der Waals surface area contributed by atoms with Crippen LogP contribution >= 0.6 is 0 Å². The van der Waals surface area contributed by atoms with Crippen molar-refractivity contribution in [1.29, 1.82) is 0 Å². The maximum Gasteiger partial charge on any atom is 0.416 e. The summed E-state index contributed by atoms with van der Waals surface area (Å²) in [6.45, 7) is 0.401. The summed E-state index contributed by atoms with van der Waals surface area (Å²) in [7, 11) is 6.64. The third kappa shape index (κ3) is 7.43. The van der Waals surface area contributed by atoms with Gasteiger partial charge in [-0.3, -0.25) is 9.59 Å². The minimum atomic E-state index is -4.44. The van der Waals surface area contributed by atoms with Crippen LogP contribution in [0.1, 0.15) is 66.0 Å². The van der Waals surface area contributed by atoms with Gasteiger partial charge in [-0.1, -0.05) is 42.5 Å². The van der Waals surface area contributed by atoms with E-state index in [1.165, 1.54) is 6.07 Å². The lowest BCUT2D eigenvalue weighted by Gasteiger charge is -2.31. The first-order valence-electron chi connectivity index (χ1n) is 12.9. The average molecular weight is 535 g/mol. The summed E-state index contributed by atoms with van der Waals surface area (Å²) in [5.41, 5.74) is 1.32. The molecule has 3 aromatic carbocycles. The fourth-order valence-corrected chi connectivity index (χ4v) is 4.44. The van der Waals surface area contributed by atoms with Gasteiger partial charge in [-0.15, -0.1) is 0 Å². The number of benzene rings is 3. The molecule has 4 rings (SSSR count). The molecule has 0 saturated heterocycles. The van der Waals surface area contributed by atoms with Crippen LogP contribution in [0.5, 0.6) is 5.75 Å². The van der Waals surface area contributed by atoms with E-state index in [9.17, 15) is 22.8 Å². The van der Waals surface area contributed by atoms with Gasteiger partial charge in [-0.2, -0.15) is 13.2 Å². The second kappa shape index (κ2) is 12.4. The summed E-state index contributed by atoms with van der Waals surface area (Å²) in [6.07, 6.45) is -0.656. The number of nitrogens with zero attached hydrogens (tertiary/aromatic N) is 1. The van der Waals surface area contributed by atoms with Gasteiger partial charge in [-0.05, 0) is 73.6 Å². The van der Waals surface area contributed by atoms with Gasteiger partial charge >= 0.3 is 12.1 Å². The fourth-order valence-electron chi connectivity index (χ4n) is 4.44. The first-order valence-corrected chi connectivity index (χ1v) is 12.9. The number of carbonyl (C=O) groups excluding carboxylic acids is 1. The molecule has 39 heavy (non-hydrogen) atoms. The Bertz CT molecular complexity index is 1290. The maximum absolute atomic E-state index is 13.6. The van der Waals surface area contributed by atoms with Crippen LogP contribution < -0.4 is 4.74 Å². The molecule has 0 aliphatic heterocycles. The number of carboxylic acid groups (broad SMARTS) is 1. The minimum absolute atomic E-state index is 0.0141. The van der Waals surface area contributed by atoms with Crippen molar-refractivity contribution in [1.82, 2.24) is 4.90 Å². The van der Waals surface area contributed by atoms with Crippen molar-refractivity contribution in [3.63, 3.8) is 0 Å². The molecule has 1 amide bonds. The molecule has 9 heteroatoms. The second-order valence-electron chi connectivity index (χ2n) is 9.64. The zero-order valence-electron chi connectivity index (χ0n) is 21.4. The molecule has 0 heterocycles. The summed E-state index contributed by atoms with van der Waals surface area (Å²) in [6, 6.07) is 18.8. The molecule has 0 bridgehead atoms. The van der Waals surface area contributed by atoms with E-state index in [1.54, 1.807) is 41.3 Å². The van der Waals surface area contributed by atoms with Gasteiger partial charge in [0, 0.05) is 29.5 Å². The van der Waals surface area contributed by atoms with E-state index >= 15 is 0 Å². The fraction of sp³-hybridized carbons (Fsp3) is 0.333. The maximum atomic E-state index is 13.6. The van der Waals surface area contributed by atoms with E-state index < -0.39 is 23.7 Å². The Morgan fingerprint density at radius 2 is 1.67 bits per heavy atom. The van der Waals surface area contributed by atoms with Gasteiger partial charge < -0.3 is 14.7 Å². The van der Waals surface area contributed by atoms with Crippen LogP contribution in [0.25, 0.3) is 11.1 Å². The molecule has 1 N–H and O–H groups in total. The lowest BCUT2D eigenvalue weighted by Crippen LogP contribution is -2.37. The predicted octanol–water partition coefficient (Wildman–Crippen LogP) is 6.87. The van der Waals surface area contributed by atoms with Crippen LogP contribution in [0, 0.1) is 0 Å². The van der Waals surface area contributed by atoms with Gasteiger partial charge in [-0.25, -0.2) is 0 Å². The number of para-hydroxylation sites is 1. The normalized spacial score (nSPS) is 14.0. The number of alkyl halides is 3. The molecule has 1 aliphatic carbocycles. The van der Waals surface area contributed by atoms with Crippen LogP contribution in [-0.4, -0.2) is 42.4 Å². The zero-order chi connectivity index (χ0) is 28.0. The van der Waals surface area contributed by atoms with Crippen LogP contribution in [0.15, 0.2) is 72.8 Å². The smallest absolute Gasteiger partial charge is 0.416 e. The number of hydrogen-bond donors (Lipinski definition) is 1. The second-order valence-corrected chi connectivity index (χ2v) is 9.64. The Hall–Kier alpha value is -3.75. The van der Waals surface area contributed by atoms with Crippen LogP contribution in [-0.2, 0) is 11.0 Å². The van der Waals surface area contributed by atoms with E-state index in [1.807, 2.05) is 18.2 Å². The van der Waals surface area contributed by atoms with E-state index in [0.717, 1.165) is 31.4 Å². The van der Waals surface area contributed by atoms with Gasteiger partial charge in [0.15, 0.2) is 0 Å². The predicted molar refractivity (Wildman–Crippen MR) is 143 cm³/mol. The number of carbonyl (C=O) groups is 2. The highest BCUT2D eigenvalue weighted by molar-refractivity contribution is 6.14. The molecular weight excluding hydrogens is 506 g/mol. The highest BCUT2D eigenvalue weighted by atomic mass is 19.4. The van der Waals surface area contributed by atoms with Crippen molar-refractivity contribution < 1.29 is 32.6 Å². The number of unbranched alkanes of at least 4 members (excludes halogenated alkanes) is 2. The first kappa shape index (κ1) is 28.3. The SMILES string of the molecule is [B]C(c1ccccc1OCCCCCC(=O)O)N(C(=O)c1ccc(-c2cccc(C(F)(F)F)c2)cc1)C1CC1. The van der Waals surface area contributed by atoms with Crippen molar-refractivity contribution in [2.75, 3.05) is 6.61 Å². The molecule has 1 atom stereocenters. The summed E-state index contributed by atoms with van der Waals surface area (Å²) >= 11 is 0. The highest BCUT2D eigenvalue weighted by Crippen LogP contribution is 2.38. The van der Waals surface area contributed by atoms with E-state index in [2.05, 4.69) is 0 Å². The zero-order valence-corrected chi connectivity index (χ0v) is 21.4. The number of aliphatic carboxylic acids is 1. The van der Waals surface area contributed by atoms with Crippen molar-refractivity contribution in [3.05, 3.63) is 89.5 Å². The quantitative estimate of drug-likeness (QED) is 0.203. The molecule has 1 saturated carbocycles. The van der Waals surface area contributed by atoms with Crippen molar-refractivity contribution >= 4 is 19.7 Å². The molecule has 5 nitrogen and oxygen atoms in total. The number of amides is 1. The topological polar surface area (TPSA) is 66.8 Å². The van der Waals surface area contributed by atoms with E-state index in [-0.39, 0.29) is 18.4 Å². The lowest BCUT2D eigenvalue weighted by atomic mass is 9.86. The Labute approximate surface area is 227 Å². The number of carboxylic acids is 1. The van der Waals surface area contributed by atoms with E-state index in [0.29, 0.717) is 47.5 Å². The van der Waals surface area contributed by atoms with Crippen LogP contribution in [0.2, 0.25) is 0 Å². The summed E-state index contributed by atoms with van der Waals surface area (Å²) in [4.78, 5) is 25.9. The molecule has 0 spiro atoms. The Balaban J connectivity index is 1.47. The van der Waals surface area contributed by atoms with Gasteiger partial charge in [0.2, 0.25) is 0 Å². The lowest BCUT2D eigenvalue weighted by molar-refractivity contribution is -0.138. The summed E-state index contributed by atoms with van der Waals surface area (Å²) in [5, 5.41) is 8.76.